The molecule has 1 rings (SSSR count). The van der Waals surface area contributed by atoms with Gasteiger partial charge in [-0.25, -0.2) is 0 Å². The Kier molecular flexibility index (Phi) is 5.12. The molecule has 0 radical (unpaired) electrons. The van der Waals surface area contributed by atoms with Crippen LogP contribution in [0.4, 0.5) is 0 Å². The van der Waals surface area contributed by atoms with Crippen molar-refractivity contribution in [2.45, 2.75) is 46.6 Å². The fourth-order valence-corrected chi connectivity index (χ4v) is 2.04. The summed E-state index contributed by atoms with van der Waals surface area (Å²) < 4.78 is 0. The van der Waals surface area contributed by atoms with Crippen LogP contribution in [-0.2, 0) is 11.2 Å². The van der Waals surface area contributed by atoms with Gasteiger partial charge in [0.25, 0.3) is 0 Å². The number of nitrogens with zero attached hydrogens (tertiary/aromatic N) is 1. The zero-order chi connectivity index (χ0) is 14.6. The van der Waals surface area contributed by atoms with E-state index in [1.54, 1.807) is 18.7 Å². The third-order valence-corrected chi connectivity index (χ3v) is 3.24. The number of benzene rings is 1. The van der Waals surface area contributed by atoms with E-state index in [4.69, 9.17) is 0 Å². The van der Waals surface area contributed by atoms with Gasteiger partial charge in [0, 0.05) is 13.1 Å². The second-order valence-corrected chi connectivity index (χ2v) is 5.82. The fraction of sp³-hybridized carbons (Fsp3) is 0.562. The van der Waals surface area contributed by atoms with Gasteiger partial charge in [0.05, 0.1) is 12.0 Å². The summed E-state index contributed by atoms with van der Waals surface area (Å²) in [7, 11) is 0. The van der Waals surface area contributed by atoms with Crippen LogP contribution in [0.3, 0.4) is 0 Å². The molecule has 3 nitrogen and oxygen atoms in total. The summed E-state index contributed by atoms with van der Waals surface area (Å²) in [6, 6.07) is 6.10. The lowest BCUT2D eigenvalue weighted by atomic mass is 10.0. The third kappa shape index (κ3) is 5.03. The average molecular weight is 263 g/mol. The number of rotatable bonds is 5. The normalized spacial score (nSPS) is 11.5. The van der Waals surface area contributed by atoms with Crippen LogP contribution in [0.5, 0.6) is 0 Å². The molecule has 19 heavy (non-hydrogen) atoms. The second-order valence-electron chi connectivity index (χ2n) is 5.82. The summed E-state index contributed by atoms with van der Waals surface area (Å²) in [5.74, 6) is 0.0629. The Labute approximate surface area is 116 Å². The van der Waals surface area contributed by atoms with Crippen LogP contribution in [0, 0.1) is 13.8 Å². The number of amides is 1. The highest BCUT2D eigenvalue weighted by atomic mass is 16.3. The standard InChI is InChI=1S/C16H25NO2/c1-6-17(11-16(4,5)19)15(18)10-14-8-7-12(2)13(3)9-14/h7-9,19H,6,10-11H2,1-5H3. The van der Waals surface area contributed by atoms with E-state index in [0.717, 1.165) is 5.56 Å². The monoisotopic (exact) mass is 263 g/mol. The average Bonchev–Trinajstić information content (AvgIpc) is 2.29. The molecule has 1 aromatic rings. The molecule has 106 valence electrons. The summed E-state index contributed by atoms with van der Waals surface area (Å²) in [5, 5.41) is 9.82. The minimum atomic E-state index is -0.852. The van der Waals surface area contributed by atoms with Crippen LogP contribution < -0.4 is 0 Å². The van der Waals surface area contributed by atoms with E-state index < -0.39 is 5.60 Å². The van der Waals surface area contributed by atoms with Gasteiger partial charge in [-0.2, -0.15) is 0 Å². The van der Waals surface area contributed by atoms with Crippen molar-refractivity contribution in [2.24, 2.45) is 0 Å². The number of likely N-dealkylation sites (N-methyl/N-ethyl adjacent to an activating group) is 1. The molecule has 0 aromatic heterocycles. The van der Waals surface area contributed by atoms with Gasteiger partial charge in [0.1, 0.15) is 0 Å². The quantitative estimate of drug-likeness (QED) is 0.886. The van der Waals surface area contributed by atoms with Gasteiger partial charge in [-0.1, -0.05) is 18.2 Å². The maximum Gasteiger partial charge on any atom is 0.227 e. The van der Waals surface area contributed by atoms with Gasteiger partial charge < -0.3 is 10.0 Å². The van der Waals surface area contributed by atoms with Crippen molar-refractivity contribution < 1.29 is 9.90 Å². The number of hydrogen-bond acceptors (Lipinski definition) is 2. The molecule has 1 amide bonds. The summed E-state index contributed by atoms with van der Waals surface area (Å²) in [5.41, 5.74) is 2.62. The van der Waals surface area contributed by atoms with Crippen LogP contribution >= 0.6 is 0 Å². The maximum atomic E-state index is 12.2. The highest BCUT2D eigenvalue weighted by Gasteiger charge is 2.21. The van der Waals surface area contributed by atoms with Crippen molar-refractivity contribution in [3.05, 3.63) is 34.9 Å². The van der Waals surface area contributed by atoms with Gasteiger partial charge >= 0.3 is 0 Å². The van der Waals surface area contributed by atoms with E-state index in [9.17, 15) is 9.90 Å². The molecular weight excluding hydrogens is 238 g/mol. The summed E-state index contributed by atoms with van der Waals surface area (Å²) in [6.07, 6.45) is 0.394. The van der Waals surface area contributed by atoms with Crippen LogP contribution in [0.25, 0.3) is 0 Å². The van der Waals surface area contributed by atoms with E-state index in [-0.39, 0.29) is 5.91 Å². The molecule has 0 heterocycles. The number of hydrogen-bond donors (Lipinski definition) is 1. The lowest BCUT2D eigenvalue weighted by Gasteiger charge is -2.28. The first kappa shape index (κ1) is 15.7. The molecule has 0 fully saturated rings. The molecule has 0 saturated carbocycles. The molecule has 0 aliphatic rings. The zero-order valence-electron chi connectivity index (χ0n) is 12.7. The van der Waals surface area contributed by atoms with E-state index >= 15 is 0 Å². The molecule has 0 spiro atoms. The van der Waals surface area contributed by atoms with Crippen LogP contribution in [0.1, 0.15) is 37.5 Å². The third-order valence-electron chi connectivity index (χ3n) is 3.24. The summed E-state index contributed by atoms with van der Waals surface area (Å²) in [4.78, 5) is 13.9. The van der Waals surface area contributed by atoms with Crippen molar-refractivity contribution in [1.29, 1.82) is 0 Å². The second kappa shape index (κ2) is 6.20. The van der Waals surface area contributed by atoms with Gasteiger partial charge in [-0.3, -0.25) is 4.79 Å². The molecule has 3 heteroatoms. The van der Waals surface area contributed by atoms with Gasteiger partial charge in [0.2, 0.25) is 5.91 Å². The minimum Gasteiger partial charge on any atom is -0.389 e. The fourth-order valence-electron chi connectivity index (χ4n) is 2.04. The Balaban J connectivity index is 2.74. The smallest absolute Gasteiger partial charge is 0.227 e. The van der Waals surface area contributed by atoms with Crippen molar-refractivity contribution in [1.82, 2.24) is 4.90 Å². The van der Waals surface area contributed by atoms with E-state index in [2.05, 4.69) is 19.9 Å². The molecule has 1 N–H and O–H groups in total. The lowest BCUT2D eigenvalue weighted by Crippen LogP contribution is -2.42. The first-order valence-corrected chi connectivity index (χ1v) is 6.79. The van der Waals surface area contributed by atoms with Crippen molar-refractivity contribution in [2.75, 3.05) is 13.1 Å². The van der Waals surface area contributed by atoms with Crippen molar-refractivity contribution in [3.8, 4) is 0 Å². The molecular formula is C16H25NO2. The minimum absolute atomic E-state index is 0.0629. The highest BCUT2D eigenvalue weighted by Crippen LogP contribution is 2.12. The molecule has 0 aliphatic heterocycles. The predicted molar refractivity (Wildman–Crippen MR) is 78.2 cm³/mol. The molecule has 0 bridgehead atoms. The predicted octanol–water partition coefficient (Wildman–Crippen LogP) is 2.47. The zero-order valence-corrected chi connectivity index (χ0v) is 12.7. The van der Waals surface area contributed by atoms with Crippen LogP contribution in [0.2, 0.25) is 0 Å². The van der Waals surface area contributed by atoms with E-state index in [1.807, 2.05) is 19.1 Å². The Hall–Kier alpha value is -1.35. The first-order valence-electron chi connectivity index (χ1n) is 6.79. The van der Waals surface area contributed by atoms with Gasteiger partial charge in [-0.15, -0.1) is 0 Å². The van der Waals surface area contributed by atoms with Crippen LogP contribution in [0.15, 0.2) is 18.2 Å². The Bertz CT molecular complexity index is 447. The van der Waals surface area contributed by atoms with Crippen molar-refractivity contribution >= 4 is 5.91 Å². The number of aliphatic hydroxyl groups is 1. The Morgan fingerprint density at radius 2 is 1.89 bits per heavy atom. The van der Waals surface area contributed by atoms with Gasteiger partial charge in [-0.05, 0) is 51.3 Å². The van der Waals surface area contributed by atoms with Crippen molar-refractivity contribution in [3.63, 3.8) is 0 Å². The molecule has 1 aromatic carbocycles. The van der Waals surface area contributed by atoms with E-state index in [0.29, 0.717) is 19.5 Å². The molecule has 0 saturated heterocycles. The largest absolute Gasteiger partial charge is 0.389 e. The van der Waals surface area contributed by atoms with E-state index in [1.165, 1.54) is 11.1 Å². The molecule has 0 aliphatic carbocycles. The topological polar surface area (TPSA) is 40.5 Å². The Morgan fingerprint density at radius 1 is 1.26 bits per heavy atom. The SMILES string of the molecule is CCN(CC(C)(C)O)C(=O)Cc1ccc(C)c(C)c1. The number of aryl methyl sites for hydroxylation is 2. The van der Waals surface area contributed by atoms with Gasteiger partial charge in [0.15, 0.2) is 0 Å². The van der Waals surface area contributed by atoms with Crippen LogP contribution in [-0.4, -0.2) is 34.6 Å². The number of carbonyl (C=O) groups excluding carboxylic acids is 1. The highest BCUT2D eigenvalue weighted by molar-refractivity contribution is 5.78. The lowest BCUT2D eigenvalue weighted by molar-refractivity contribution is -0.133. The Morgan fingerprint density at radius 3 is 2.37 bits per heavy atom. The molecule has 0 atom stereocenters. The number of carbonyl (C=O) groups is 1. The summed E-state index contributed by atoms with van der Waals surface area (Å²) in [6.45, 7) is 10.5. The molecule has 0 unspecified atom stereocenters. The maximum absolute atomic E-state index is 12.2. The first-order chi connectivity index (χ1) is 8.73. The summed E-state index contributed by atoms with van der Waals surface area (Å²) >= 11 is 0.